The van der Waals surface area contributed by atoms with Crippen LogP contribution in [0.4, 0.5) is 0 Å². The monoisotopic (exact) mass is 231 g/mol. The molecule has 0 bridgehead atoms. The fraction of sp³-hybridized carbons (Fsp3) is 0.333. The Kier molecular flexibility index (Phi) is 4.02. The second-order valence-corrected chi connectivity index (χ2v) is 5.29. The van der Waals surface area contributed by atoms with Crippen molar-refractivity contribution in [2.24, 2.45) is 0 Å². The van der Waals surface area contributed by atoms with Gasteiger partial charge in [-0.1, -0.05) is 34.1 Å². The standard InChI is InChI=1S/C9H12BrS/c1-11(8-7-10)9-5-3-2-4-6-9/h2-6H,7-8H2,1H3/q+1. The van der Waals surface area contributed by atoms with Crippen molar-refractivity contribution in [3.8, 4) is 0 Å². The topological polar surface area (TPSA) is 0 Å². The third-order valence-electron chi connectivity index (χ3n) is 1.53. The van der Waals surface area contributed by atoms with Gasteiger partial charge in [-0.05, 0) is 12.1 Å². The first-order chi connectivity index (χ1) is 5.34. The Morgan fingerprint density at radius 2 is 1.91 bits per heavy atom. The number of hydrogen-bond donors (Lipinski definition) is 0. The SMILES string of the molecule is C[S+](CCBr)c1ccccc1. The zero-order valence-corrected chi connectivity index (χ0v) is 8.99. The molecule has 0 amide bonds. The minimum Gasteiger partial charge on any atom is -0.0877 e. The van der Waals surface area contributed by atoms with Crippen LogP contribution in [0.15, 0.2) is 35.2 Å². The minimum absolute atomic E-state index is 0.420. The molecule has 11 heavy (non-hydrogen) atoms. The van der Waals surface area contributed by atoms with Gasteiger partial charge < -0.3 is 0 Å². The van der Waals surface area contributed by atoms with Gasteiger partial charge in [0.15, 0.2) is 4.90 Å². The van der Waals surface area contributed by atoms with E-state index in [-0.39, 0.29) is 0 Å². The molecule has 0 radical (unpaired) electrons. The lowest BCUT2D eigenvalue weighted by Gasteiger charge is -1.98. The fourth-order valence-corrected chi connectivity index (χ4v) is 3.43. The van der Waals surface area contributed by atoms with Gasteiger partial charge >= 0.3 is 0 Å². The summed E-state index contributed by atoms with van der Waals surface area (Å²) in [4.78, 5) is 1.46. The molecule has 0 aliphatic heterocycles. The highest BCUT2D eigenvalue weighted by Crippen LogP contribution is 2.10. The summed E-state index contributed by atoms with van der Waals surface area (Å²) in [6.45, 7) is 0. The normalized spacial score (nSPS) is 12.9. The van der Waals surface area contributed by atoms with E-state index in [1.807, 2.05) is 0 Å². The van der Waals surface area contributed by atoms with Gasteiger partial charge in [0.2, 0.25) is 0 Å². The maximum absolute atomic E-state index is 3.45. The second kappa shape index (κ2) is 4.83. The Labute approximate surface area is 79.5 Å². The van der Waals surface area contributed by atoms with Crippen LogP contribution in [0.25, 0.3) is 0 Å². The molecular formula is C9H12BrS+. The highest BCUT2D eigenvalue weighted by Gasteiger charge is 2.12. The number of rotatable bonds is 3. The average Bonchev–Trinajstić information content (AvgIpc) is 2.07. The number of alkyl halides is 1. The minimum atomic E-state index is 0.420. The van der Waals surface area contributed by atoms with Crippen LogP contribution >= 0.6 is 15.9 Å². The predicted octanol–water partition coefficient (Wildman–Crippen LogP) is 2.69. The third kappa shape index (κ3) is 2.88. The highest BCUT2D eigenvalue weighted by molar-refractivity contribution is 9.09. The van der Waals surface area contributed by atoms with Crippen molar-refractivity contribution in [3.05, 3.63) is 30.3 Å². The van der Waals surface area contributed by atoms with Crippen molar-refractivity contribution in [3.63, 3.8) is 0 Å². The van der Waals surface area contributed by atoms with Gasteiger partial charge in [-0.25, -0.2) is 0 Å². The smallest absolute Gasteiger partial charge is 0.0877 e. The van der Waals surface area contributed by atoms with Crippen molar-refractivity contribution in [2.45, 2.75) is 4.90 Å². The van der Waals surface area contributed by atoms with Crippen molar-refractivity contribution >= 4 is 26.8 Å². The largest absolute Gasteiger partial charge is 0.154 e. The average molecular weight is 232 g/mol. The summed E-state index contributed by atoms with van der Waals surface area (Å²) in [6.07, 6.45) is 2.29. The number of halogens is 1. The summed E-state index contributed by atoms with van der Waals surface area (Å²) < 4.78 is 0. The van der Waals surface area contributed by atoms with E-state index in [1.54, 1.807) is 0 Å². The Bertz CT molecular complexity index is 198. The molecule has 2 heteroatoms. The molecule has 0 nitrogen and oxygen atoms in total. The molecule has 0 aliphatic carbocycles. The number of hydrogen-bond acceptors (Lipinski definition) is 0. The molecule has 0 heterocycles. The van der Waals surface area contributed by atoms with Gasteiger partial charge in [-0.15, -0.1) is 0 Å². The third-order valence-corrected chi connectivity index (χ3v) is 4.34. The molecule has 0 N–H and O–H groups in total. The second-order valence-electron chi connectivity index (χ2n) is 2.34. The van der Waals surface area contributed by atoms with Crippen LogP contribution in [0.2, 0.25) is 0 Å². The molecule has 0 spiro atoms. The van der Waals surface area contributed by atoms with E-state index in [0.717, 1.165) is 5.33 Å². The van der Waals surface area contributed by atoms with E-state index in [9.17, 15) is 0 Å². The summed E-state index contributed by atoms with van der Waals surface area (Å²) in [6, 6.07) is 10.7. The van der Waals surface area contributed by atoms with Gasteiger partial charge in [0.1, 0.15) is 12.0 Å². The Morgan fingerprint density at radius 1 is 1.27 bits per heavy atom. The summed E-state index contributed by atoms with van der Waals surface area (Å²) in [5.74, 6) is 1.24. The van der Waals surface area contributed by atoms with Crippen molar-refractivity contribution in [1.29, 1.82) is 0 Å². The maximum Gasteiger partial charge on any atom is 0.154 e. The van der Waals surface area contributed by atoms with E-state index < -0.39 is 0 Å². The predicted molar refractivity (Wildman–Crippen MR) is 56.7 cm³/mol. The van der Waals surface area contributed by atoms with Crippen molar-refractivity contribution in [2.75, 3.05) is 17.3 Å². The summed E-state index contributed by atoms with van der Waals surface area (Å²) >= 11 is 3.45. The van der Waals surface area contributed by atoms with Gasteiger partial charge in [0.25, 0.3) is 0 Å². The van der Waals surface area contributed by atoms with Crippen LogP contribution in [0, 0.1) is 0 Å². The first-order valence-corrected chi connectivity index (χ1v) is 6.50. The molecule has 0 saturated carbocycles. The van der Waals surface area contributed by atoms with E-state index >= 15 is 0 Å². The van der Waals surface area contributed by atoms with Crippen LogP contribution in [-0.4, -0.2) is 17.3 Å². The molecule has 1 aromatic carbocycles. The molecular weight excluding hydrogens is 220 g/mol. The van der Waals surface area contributed by atoms with E-state index in [4.69, 9.17) is 0 Å². The molecule has 0 aliphatic rings. The highest BCUT2D eigenvalue weighted by atomic mass is 79.9. The first-order valence-electron chi connectivity index (χ1n) is 3.58. The summed E-state index contributed by atoms with van der Waals surface area (Å²) in [7, 11) is 0.420. The first kappa shape index (κ1) is 9.14. The van der Waals surface area contributed by atoms with E-state index in [0.29, 0.717) is 10.9 Å². The Hall–Kier alpha value is 0.0500. The Balaban J connectivity index is 2.61. The van der Waals surface area contributed by atoms with Gasteiger partial charge in [-0.3, -0.25) is 0 Å². The molecule has 1 aromatic rings. The molecule has 0 fully saturated rings. The van der Waals surface area contributed by atoms with Crippen molar-refractivity contribution in [1.82, 2.24) is 0 Å². The maximum atomic E-state index is 3.45. The molecule has 0 saturated heterocycles. The van der Waals surface area contributed by atoms with Gasteiger partial charge in [-0.2, -0.15) is 0 Å². The zero-order chi connectivity index (χ0) is 8.10. The lowest BCUT2D eigenvalue weighted by Crippen LogP contribution is -2.05. The molecule has 60 valence electrons. The summed E-state index contributed by atoms with van der Waals surface area (Å²) in [5, 5.41) is 1.10. The van der Waals surface area contributed by atoms with Crippen molar-refractivity contribution < 1.29 is 0 Å². The molecule has 1 unspecified atom stereocenters. The number of benzene rings is 1. The molecule has 1 rings (SSSR count). The lowest BCUT2D eigenvalue weighted by molar-refractivity contribution is 1.41. The zero-order valence-electron chi connectivity index (χ0n) is 6.59. The van der Waals surface area contributed by atoms with Gasteiger partial charge in [0, 0.05) is 16.2 Å². The van der Waals surface area contributed by atoms with E-state index in [1.165, 1.54) is 10.6 Å². The van der Waals surface area contributed by atoms with Crippen LogP contribution in [0.1, 0.15) is 0 Å². The lowest BCUT2D eigenvalue weighted by atomic mass is 10.4. The quantitative estimate of drug-likeness (QED) is 0.555. The fourth-order valence-electron chi connectivity index (χ4n) is 0.886. The van der Waals surface area contributed by atoms with Crippen LogP contribution in [-0.2, 0) is 10.9 Å². The summed E-state index contributed by atoms with van der Waals surface area (Å²) in [5.41, 5.74) is 0. The van der Waals surface area contributed by atoms with Crippen LogP contribution in [0.5, 0.6) is 0 Å². The van der Waals surface area contributed by atoms with Crippen LogP contribution in [0.3, 0.4) is 0 Å². The van der Waals surface area contributed by atoms with Crippen LogP contribution < -0.4 is 0 Å². The Morgan fingerprint density at radius 3 is 2.45 bits per heavy atom. The van der Waals surface area contributed by atoms with Gasteiger partial charge in [0.05, 0.1) is 0 Å². The molecule has 0 aromatic heterocycles. The van der Waals surface area contributed by atoms with E-state index in [2.05, 4.69) is 52.5 Å². The molecule has 1 atom stereocenters.